The fraction of sp³-hybridized carbons (Fsp3) is 0.333. The zero-order chi connectivity index (χ0) is 13.8. The van der Waals surface area contributed by atoms with Gasteiger partial charge < -0.3 is 5.32 Å². The molecule has 0 spiro atoms. The number of nitrogens with zero attached hydrogens (tertiary/aromatic N) is 2. The average Bonchev–Trinajstić information content (AvgIpc) is 2.41. The number of benzene rings is 1. The summed E-state index contributed by atoms with van der Waals surface area (Å²) < 4.78 is 13.6. The van der Waals surface area contributed by atoms with Crippen LogP contribution in [-0.2, 0) is 6.42 Å². The highest BCUT2D eigenvalue weighted by Crippen LogP contribution is 2.16. The Morgan fingerprint density at radius 2 is 2.05 bits per heavy atom. The van der Waals surface area contributed by atoms with E-state index in [1.54, 1.807) is 12.1 Å². The van der Waals surface area contributed by atoms with Gasteiger partial charge in [0.15, 0.2) is 0 Å². The minimum absolute atomic E-state index is 0.211. The molecule has 2 aromatic rings. The summed E-state index contributed by atoms with van der Waals surface area (Å²) in [6.45, 7) is 4.01. The Bertz CT molecular complexity index is 569. The van der Waals surface area contributed by atoms with Gasteiger partial charge in [0, 0.05) is 29.9 Å². The van der Waals surface area contributed by atoms with Crippen molar-refractivity contribution >= 4 is 0 Å². The highest BCUT2D eigenvalue weighted by Gasteiger charge is 2.10. The van der Waals surface area contributed by atoms with E-state index in [2.05, 4.69) is 22.2 Å². The lowest BCUT2D eigenvalue weighted by atomic mass is 10.1. The first-order chi connectivity index (χ1) is 9.11. The maximum absolute atomic E-state index is 13.6. The van der Waals surface area contributed by atoms with E-state index < -0.39 is 0 Å². The van der Waals surface area contributed by atoms with Gasteiger partial charge in [0.2, 0.25) is 0 Å². The van der Waals surface area contributed by atoms with Crippen LogP contribution in [0, 0.1) is 12.7 Å². The van der Waals surface area contributed by atoms with Crippen molar-refractivity contribution in [3.63, 3.8) is 0 Å². The highest BCUT2D eigenvalue weighted by atomic mass is 19.1. The Morgan fingerprint density at radius 1 is 1.32 bits per heavy atom. The van der Waals surface area contributed by atoms with Crippen LogP contribution < -0.4 is 5.32 Å². The summed E-state index contributed by atoms with van der Waals surface area (Å²) in [6, 6.07) is 6.94. The number of aryl methyl sites for hydroxylation is 1. The number of hydrogen-bond donors (Lipinski definition) is 1. The largest absolute Gasteiger partial charge is 0.313 e. The van der Waals surface area contributed by atoms with Crippen LogP contribution in [0.5, 0.6) is 0 Å². The normalized spacial score (nSPS) is 12.4. The molecule has 19 heavy (non-hydrogen) atoms. The Hall–Kier alpha value is -1.81. The Morgan fingerprint density at radius 3 is 2.68 bits per heavy atom. The molecule has 0 saturated heterocycles. The first kappa shape index (κ1) is 13.6. The van der Waals surface area contributed by atoms with Crippen molar-refractivity contribution in [2.24, 2.45) is 0 Å². The molecule has 100 valence electrons. The first-order valence-corrected chi connectivity index (χ1v) is 6.35. The zero-order valence-corrected chi connectivity index (χ0v) is 11.4. The molecular formula is C15H18FN3. The maximum Gasteiger partial charge on any atom is 0.133 e. The van der Waals surface area contributed by atoms with Crippen LogP contribution in [0.2, 0.25) is 0 Å². The predicted molar refractivity (Wildman–Crippen MR) is 73.4 cm³/mol. The Labute approximate surface area is 112 Å². The van der Waals surface area contributed by atoms with Gasteiger partial charge in [-0.3, -0.25) is 0 Å². The van der Waals surface area contributed by atoms with Crippen LogP contribution in [0.15, 0.2) is 30.5 Å². The molecule has 0 bridgehead atoms. The second kappa shape index (κ2) is 5.89. The Balaban J connectivity index is 2.24. The smallest absolute Gasteiger partial charge is 0.133 e. The molecule has 0 aliphatic rings. The topological polar surface area (TPSA) is 37.8 Å². The third kappa shape index (κ3) is 3.15. The monoisotopic (exact) mass is 259 g/mol. The highest BCUT2D eigenvalue weighted by molar-refractivity contribution is 5.24. The van der Waals surface area contributed by atoms with Gasteiger partial charge in [-0.2, -0.15) is 0 Å². The van der Waals surface area contributed by atoms with Crippen LogP contribution in [0.4, 0.5) is 4.39 Å². The van der Waals surface area contributed by atoms with Gasteiger partial charge in [-0.15, -0.1) is 0 Å². The molecule has 1 aromatic heterocycles. The van der Waals surface area contributed by atoms with Crippen molar-refractivity contribution in [3.05, 3.63) is 58.9 Å². The number of aromatic nitrogens is 2. The lowest BCUT2D eigenvalue weighted by molar-refractivity contribution is 0.610. The van der Waals surface area contributed by atoms with Gasteiger partial charge >= 0.3 is 0 Å². The molecule has 1 N–H and O–H groups in total. The molecule has 1 unspecified atom stereocenters. The molecule has 1 atom stereocenters. The summed E-state index contributed by atoms with van der Waals surface area (Å²) in [5.74, 6) is 0.436. The van der Waals surface area contributed by atoms with Crippen molar-refractivity contribution in [1.82, 2.24) is 15.3 Å². The van der Waals surface area contributed by atoms with E-state index >= 15 is 0 Å². The molecule has 0 amide bonds. The molecule has 2 rings (SSSR count). The molecule has 4 heteroatoms. The van der Waals surface area contributed by atoms with Crippen molar-refractivity contribution in [2.75, 3.05) is 7.05 Å². The van der Waals surface area contributed by atoms with Crippen LogP contribution in [0.1, 0.15) is 35.6 Å². The van der Waals surface area contributed by atoms with Gasteiger partial charge in [0.25, 0.3) is 0 Å². The van der Waals surface area contributed by atoms with Gasteiger partial charge in [-0.25, -0.2) is 14.4 Å². The molecule has 1 aromatic carbocycles. The first-order valence-electron chi connectivity index (χ1n) is 6.35. The number of halogens is 1. The van der Waals surface area contributed by atoms with Gasteiger partial charge in [-0.1, -0.05) is 18.2 Å². The maximum atomic E-state index is 13.6. The standard InChI is InChI=1S/C15H18FN3/c1-10(17-3)13-9-18-15(19-11(13)2)8-12-6-4-5-7-14(12)16/h4-7,9-10,17H,8H2,1-3H3. The second-order valence-electron chi connectivity index (χ2n) is 4.61. The zero-order valence-electron chi connectivity index (χ0n) is 11.4. The Kier molecular flexibility index (Phi) is 4.22. The van der Waals surface area contributed by atoms with Crippen LogP contribution in [0.25, 0.3) is 0 Å². The summed E-state index contributed by atoms with van der Waals surface area (Å²) in [7, 11) is 1.90. The summed E-state index contributed by atoms with van der Waals surface area (Å²) in [5, 5.41) is 3.16. The molecule has 0 aliphatic heterocycles. The quantitative estimate of drug-likeness (QED) is 0.917. The number of hydrogen-bond acceptors (Lipinski definition) is 3. The van der Waals surface area contributed by atoms with E-state index in [0.29, 0.717) is 17.8 Å². The number of nitrogens with one attached hydrogen (secondary N) is 1. The molecular weight excluding hydrogens is 241 g/mol. The van der Waals surface area contributed by atoms with Crippen molar-refractivity contribution in [2.45, 2.75) is 26.3 Å². The van der Waals surface area contributed by atoms with Crippen molar-refractivity contribution in [3.8, 4) is 0 Å². The second-order valence-corrected chi connectivity index (χ2v) is 4.61. The summed E-state index contributed by atoms with van der Waals surface area (Å²) >= 11 is 0. The van der Waals surface area contributed by atoms with Gasteiger partial charge in [-0.05, 0) is 32.5 Å². The van der Waals surface area contributed by atoms with E-state index in [1.807, 2.05) is 26.2 Å². The fourth-order valence-electron chi connectivity index (χ4n) is 2.00. The molecule has 0 fully saturated rings. The minimum atomic E-state index is -0.212. The predicted octanol–water partition coefficient (Wildman–Crippen LogP) is 2.80. The van der Waals surface area contributed by atoms with E-state index in [9.17, 15) is 4.39 Å². The third-order valence-corrected chi connectivity index (χ3v) is 3.27. The van der Waals surface area contributed by atoms with Gasteiger partial charge in [0.05, 0.1) is 0 Å². The van der Waals surface area contributed by atoms with Crippen molar-refractivity contribution in [1.29, 1.82) is 0 Å². The third-order valence-electron chi connectivity index (χ3n) is 3.27. The molecule has 3 nitrogen and oxygen atoms in total. The number of rotatable bonds is 4. The minimum Gasteiger partial charge on any atom is -0.313 e. The van der Waals surface area contributed by atoms with E-state index in [-0.39, 0.29) is 11.9 Å². The average molecular weight is 259 g/mol. The fourth-order valence-corrected chi connectivity index (χ4v) is 2.00. The van der Waals surface area contributed by atoms with Crippen molar-refractivity contribution < 1.29 is 4.39 Å². The SMILES string of the molecule is CNC(C)c1cnc(Cc2ccccc2F)nc1C. The van der Waals surface area contributed by atoms with E-state index in [4.69, 9.17) is 0 Å². The van der Waals surface area contributed by atoms with Crippen LogP contribution in [0.3, 0.4) is 0 Å². The summed E-state index contributed by atoms with van der Waals surface area (Å²) in [4.78, 5) is 8.79. The summed E-state index contributed by atoms with van der Waals surface area (Å²) in [5.41, 5.74) is 2.62. The molecule has 1 heterocycles. The van der Waals surface area contributed by atoms with Crippen LogP contribution in [-0.4, -0.2) is 17.0 Å². The van der Waals surface area contributed by atoms with Gasteiger partial charge in [0.1, 0.15) is 11.6 Å². The lowest BCUT2D eigenvalue weighted by Gasteiger charge is -2.13. The molecule has 0 radical (unpaired) electrons. The lowest BCUT2D eigenvalue weighted by Crippen LogP contribution is -2.15. The molecule has 0 saturated carbocycles. The van der Waals surface area contributed by atoms with E-state index in [0.717, 1.165) is 11.3 Å². The van der Waals surface area contributed by atoms with Crippen LogP contribution >= 0.6 is 0 Å². The molecule has 0 aliphatic carbocycles. The van der Waals surface area contributed by atoms with E-state index in [1.165, 1.54) is 6.07 Å². The summed E-state index contributed by atoms with van der Waals surface area (Å²) in [6.07, 6.45) is 2.24.